The number of nitro groups is 1. The van der Waals surface area contributed by atoms with Crippen molar-refractivity contribution in [2.45, 2.75) is 19.9 Å². The quantitative estimate of drug-likeness (QED) is 0.574. The Bertz CT molecular complexity index is 410. The third-order valence-corrected chi connectivity index (χ3v) is 2.57. The van der Waals surface area contributed by atoms with E-state index >= 15 is 0 Å². The summed E-state index contributed by atoms with van der Waals surface area (Å²) in [6.07, 6.45) is 0. The third-order valence-electron chi connectivity index (χ3n) is 2.57. The molecule has 1 rings (SSSR count). The molecular weight excluding hydrogens is 234 g/mol. The van der Waals surface area contributed by atoms with Gasteiger partial charge in [0.05, 0.1) is 11.5 Å². The van der Waals surface area contributed by atoms with Crippen LogP contribution in [0.5, 0.6) is 5.75 Å². The van der Waals surface area contributed by atoms with Crippen LogP contribution in [0, 0.1) is 10.1 Å². The van der Waals surface area contributed by atoms with E-state index in [4.69, 9.17) is 4.74 Å². The van der Waals surface area contributed by atoms with Gasteiger partial charge in [0.2, 0.25) is 0 Å². The maximum Gasteiger partial charge on any atom is 0.333 e. The normalized spacial score (nSPS) is 11.9. The van der Waals surface area contributed by atoms with Gasteiger partial charge in [-0.3, -0.25) is 10.1 Å². The number of para-hydroxylation sites is 1. The van der Waals surface area contributed by atoms with Crippen LogP contribution in [0.1, 0.15) is 13.8 Å². The van der Waals surface area contributed by atoms with Gasteiger partial charge < -0.3 is 15.4 Å². The lowest BCUT2D eigenvalue weighted by molar-refractivity contribution is -0.384. The van der Waals surface area contributed by atoms with E-state index in [-0.39, 0.29) is 11.7 Å². The number of anilines is 1. The predicted octanol–water partition coefficient (Wildman–Crippen LogP) is 2.01. The highest BCUT2D eigenvalue weighted by Crippen LogP contribution is 2.34. The molecule has 100 valence electrons. The van der Waals surface area contributed by atoms with Crippen molar-refractivity contribution in [3.63, 3.8) is 0 Å². The molecule has 0 aliphatic heterocycles. The lowest BCUT2D eigenvalue weighted by Crippen LogP contribution is -2.29. The second-order valence-electron chi connectivity index (χ2n) is 3.91. The Hall–Kier alpha value is -1.82. The first-order chi connectivity index (χ1) is 8.60. The van der Waals surface area contributed by atoms with E-state index in [1.165, 1.54) is 0 Å². The van der Waals surface area contributed by atoms with Crippen molar-refractivity contribution in [3.05, 3.63) is 28.3 Å². The van der Waals surface area contributed by atoms with Gasteiger partial charge in [-0.25, -0.2) is 0 Å². The Morgan fingerprint density at radius 2 is 2.22 bits per heavy atom. The number of hydrogen-bond donors (Lipinski definition) is 2. The minimum Gasteiger partial charge on any atom is -0.487 e. The molecule has 0 heterocycles. The molecule has 0 spiro atoms. The van der Waals surface area contributed by atoms with Gasteiger partial charge in [-0.15, -0.1) is 0 Å². The average Bonchev–Trinajstić information content (AvgIpc) is 2.36. The van der Waals surface area contributed by atoms with Crippen molar-refractivity contribution in [1.29, 1.82) is 0 Å². The van der Waals surface area contributed by atoms with Crippen LogP contribution in [0.3, 0.4) is 0 Å². The molecule has 6 heteroatoms. The average molecular weight is 253 g/mol. The van der Waals surface area contributed by atoms with Gasteiger partial charge in [0.15, 0.2) is 5.75 Å². The molecule has 1 atom stereocenters. The summed E-state index contributed by atoms with van der Waals surface area (Å²) in [6.45, 7) is 4.79. The van der Waals surface area contributed by atoms with Gasteiger partial charge in [0.1, 0.15) is 5.69 Å². The van der Waals surface area contributed by atoms with E-state index in [0.717, 1.165) is 0 Å². The second kappa shape index (κ2) is 6.80. The predicted molar refractivity (Wildman–Crippen MR) is 71.3 cm³/mol. The molecule has 1 unspecified atom stereocenters. The van der Waals surface area contributed by atoms with E-state index in [2.05, 4.69) is 10.6 Å². The van der Waals surface area contributed by atoms with E-state index < -0.39 is 4.92 Å². The van der Waals surface area contributed by atoms with Crippen molar-refractivity contribution in [2.75, 3.05) is 25.5 Å². The first-order valence-corrected chi connectivity index (χ1v) is 5.91. The molecular formula is C12H19N3O3. The fraction of sp³-hybridized carbons (Fsp3) is 0.500. The van der Waals surface area contributed by atoms with Crippen molar-refractivity contribution < 1.29 is 9.66 Å². The molecule has 0 radical (unpaired) electrons. The molecule has 0 fully saturated rings. The van der Waals surface area contributed by atoms with Crippen LogP contribution >= 0.6 is 0 Å². The Morgan fingerprint density at radius 1 is 1.50 bits per heavy atom. The Balaban J connectivity index is 2.95. The molecule has 0 bridgehead atoms. The van der Waals surface area contributed by atoms with Gasteiger partial charge in [0.25, 0.3) is 0 Å². The number of nitrogens with zero attached hydrogens (tertiary/aromatic N) is 1. The van der Waals surface area contributed by atoms with Crippen LogP contribution in [-0.2, 0) is 0 Å². The first-order valence-electron chi connectivity index (χ1n) is 5.91. The van der Waals surface area contributed by atoms with Crippen LogP contribution in [0.4, 0.5) is 11.4 Å². The smallest absolute Gasteiger partial charge is 0.333 e. The topological polar surface area (TPSA) is 76.4 Å². The number of rotatable bonds is 7. The van der Waals surface area contributed by atoms with E-state index in [9.17, 15) is 10.1 Å². The van der Waals surface area contributed by atoms with Gasteiger partial charge in [-0.2, -0.15) is 0 Å². The Kier molecular flexibility index (Phi) is 5.38. The number of ether oxygens (including phenoxy) is 1. The summed E-state index contributed by atoms with van der Waals surface area (Å²) >= 11 is 0. The van der Waals surface area contributed by atoms with Crippen molar-refractivity contribution in [3.8, 4) is 5.75 Å². The lowest BCUT2D eigenvalue weighted by Gasteiger charge is -2.14. The lowest BCUT2D eigenvalue weighted by atomic mass is 10.2. The van der Waals surface area contributed by atoms with Gasteiger partial charge in [-0.1, -0.05) is 6.07 Å². The fourth-order valence-electron chi connectivity index (χ4n) is 1.49. The molecule has 1 aromatic carbocycles. The van der Waals surface area contributed by atoms with E-state index in [0.29, 0.717) is 24.6 Å². The SMILES string of the molecule is CCOc1cccc(NCC(C)NC)c1[N+](=O)[O-]. The molecule has 0 amide bonds. The fourth-order valence-corrected chi connectivity index (χ4v) is 1.49. The third kappa shape index (κ3) is 3.59. The number of likely N-dealkylation sites (N-methyl/N-ethyl adjacent to an activating group) is 1. The molecule has 6 nitrogen and oxygen atoms in total. The first kappa shape index (κ1) is 14.2. The second-order valence-corrected chi connectivity index (χ2v) is 3.91. The number of nitrogens with one attached hydrogen (secondary N) is 2. The number of hydrogen-bond acceptors (Lipinski definition) is 5. The summed E-state index contributed by atoms with van der Waals surface area (Å²) in [5.74, 6) is 0.296. The molecule has 0 saturated carbocycles. The maximum atomic E-state index is 11.1. The zero-order chi connectivity index (χ0) is 13.5. The molecule has 18 heavy (non-hydrogen) atoms. The number of nitro benzene ring substituents is 1. The van der Waals surface area contributed by atoms with Crippen molar-refractivity contribution >= 4 is 11.4 Å². The zero-order valence-electron chi connectivity index (χ0n) is 10.9. The van der Waals surface area contributed by atoms with Gasteiger partial charge >= 0.3 is 5.69 Å². The van der Waals surface area contributed by atoms with Gasteiger partial charge in [0, 0.05) is 12.6 Å². The molecule has 2 N–H and O–H groups in total. The Morgan fingerprint density at radius 3 is 2.78 bits per heavy atom. The highest BCUT2D eigenvalue weighted by Gasteiger charge is 2.20. The molecule has 0 aliphatic rings. The Labute approximate surface area is 106 Å². The molecule has 0 aliphatic carbocycles. The zero-order valence-corrected chi connectivity index (χ0v) is 10.9. The number of benzene rings is 1. The summed E-state index contributed by atoms with van der Waals surface area (Å²) in [7, 11) is 1.84. The van der Waals surface area contributed by atoms with Crippen molar-refractivity contribution in [1.82, 2.24) is 5.32 Å². The van der Waals surface area contributed by atoms with Crippen LogP contribution in [0.15, 0.2) is 18.2 Å². The summed E-state index contributed by atoms with van der Waals surface area (Å²) < 4.78 is 5.27. The molecule has 0 saturated heterocycles. The maximum absolute atomic E-state index is 11.1. The van der Waals surface area contributed by atoms with Crippen LogP contribution < -0.4 is 15.4 Å². The van der Waals surface area contributed by atoms with Crippen molar-refractivity contribution in [2.24, 2.45) is 0 Å². The summed E-state index contributed by atoms with van der Waals surface area (Å²) in [5, 5.41) is 17.2. The highest BCUT2D eigenvalue weighted by atomic mass is 16.6. The van der Waals surface area contributed by atoms with Crippen LogP contribution in [0.2, 0.25) is 0 Å². The van der Waals surface area contributed by atoms with Gasteiger partial charge in [-0.05, 0) is 33.0 Å². The molecule has 1 aromatic rings. The van der Waals surface area contributed by atoms with Crippen LogP contribution in [0.25, 0.3) is 0 Å². The van der Waals surface area contributed by atoms with E-state index in [1.54, 1.807) is 25.1 Å². The standard InChI is InChI=1S/C12H19N3O3/c1-4-18-11-7-5-6-10(12(11)15(16)17)14-8-9(2)13-3/h5-7,9,13-14H,4,8H2,1-3H3. The summed E-state index contributed by atoms with van der Waals surface area (Å²) in [6, 6.07) is 5.25. The molecule has 0 aromatic heterocycles. The van der Waals surface area contributed by atoms with E-state index in [1.807, 2.05) is 14.0 Å². The van der Waals surface area contributed by atoms with Crippen LogP contribution in [-0.4, -0.2) is 31.2 Å². The minimum atomic E-state index is -0.419. The monoisotopic (exact) mass is 253 g/mol. The summed E-state index contributed by atoms with van der Waals surface area (Å²) in [4.78, 5) is 10.7. The minimum absolute atomic E-state index is 0.0114. The largest absolute Gasteiger partial charge is 0.487 e. The summed E-state index contributed by atoms with van der Waals surface area (Å²) in [5.41, 5.74) is 0.468. The highest BCUT2D eigenvalue weighted by molar-refractivity contribution is 5.68.